The van der Waals surface area contributed by atoms with Crippen LogP contribution in [0.3, 0.4) is 0 Å². The molecule has 0 aromatic heterocycles. The Morgan fingerprint density at radius 2 is 1.61 bits per heavy atom. The summed E-state index contributed by atoms with van der Waals surface area (Å²) in [4.78, 5) is 0. The first-order valence-electron chi connectivity index (χ1n) is 9.28. The summed E-state index contributed by atoms with van der Waals surface area (Å²) in [7, 11) is 0. The Bertz CT molecular complexity index is 769. The third-order valence-electron chi connectivity index (χ3n) is 4.06. The van der Waals surface area contributed by atoms with E-state index in [0.717, 1.165) is 47.6 Å². The summed E-state index contributed by atoms with van der Waals surface area (Å²) in [5.74, 6) is 2.54. The Morgan fingerprint density at radius 1 is 0.929 bits per heavy atom. The summed E-state index contributed by atoms with van der Waals surface area (Å²) >= 11 is 17.1. The van der Waals surface area contributed by atoms with Crippen molar-refractivity contribution in [1.82, 2.24) is 0 Å². The predicted molar refractivity (Wildman–Crippen MR) is 118 cm³/mol. The van der Waals surface area contributed by atoms with Crippen LogP contribution in [0.4, 0.5) is 0 Å². The molecule has 2 aromatic rings. The lowest BCUT2D eigenvalue weighted by atomic mass is 10.1. The second kappa shape index (κ2) is 12.1. The molecule has 0 aliphatic carbocycles. The average Bonchev–Trinajstić information content (AvgIpc) is 2.66. The lowest BCUT2D eigenvalue weighted by Gasteiger charge is -2.16. The number of halogens is 3. The number of unbranched alkanes of at least 4 members (excludes halogenated alkanes) is 1. The second-order valence-corrected chi connectivity index (χ2v) is 7.69. The van der Waals surface area contributed by atoms with E-state index in [0.29, 0.717) is 24.8 Å². The van der Waals surface area contributed by atoms with E-state index in [1.807, 2.05) is 43.3 Å². The molecule has 3 nitrogen and oxygen atoms in total. The zero-order valence-electron chi connectivity index (χ0n) is 16.1. The van der Waals surface area contributed by atoms with Crippen LogP contribution in [0.25, 0.3) is 0 Å². The smallest absolute Gasteiger partial charge is 0.125 e. The Morgan fingerprint density at radius 3 is 2.25 bits per heavy atom. The molecule has 28 heavy (non-hydrogen) atoms. The third-order valence-corrected chi connectivity index (χ3v) is 4.62. The highest BCUT2D eigenvalue weighted by atomic mass is 35.5. The van der Waals surface area contributed by atoms with Gasteiger partial charge in [-0.1, -0.05) is 41.7 Å². The van der Waals surface area contributed by atoms with E-state index in [1.54, 1.807) is 6.08 Å². The normalized spacial score (nSPS) is 10.5. The third kappa shape index (κ3) is 7.83. The van der Waals surface area contributed by atoms with E-state index in [-0.39, 0.29) is 4.49 Å². The molecule has 0 fully saturated rings. The molecule has 0 radical (unpaired) electrons. The molecule has 0 atom stereocenters. The first kappa shape index (κ1) is 22.7. The van der Waals surface area contributed by atoms with Crippen molar-refractivity contribution in [3.8, 4) is 17.2 Å². The van der Waals surface area contributed by atoms with Gasteiger partial charge in [0.05, 0.1) is 13.2 Å². The number of ether oxygens (including phenoxy) is 3. The molecule has 0 unspecified atom stereocenters. The minimum atomic E-state index is 0.201. The van der Waals surface area contributed by atoms with Crippen molar-refractivity contribution < 1.29 is 14.2 Å². The predicted octanol–water partition coefficient (Wildman–Crippen LogP) is 7.15. The molecule has 2 rings (SSSR count). The largest absolute Gasteiger partial charge is 0.494 e. The highest BCUT2D eigenvalue weighted by Gasteiger charge is 2.09. The molecule has 0 amide bonds. The maximum absolute atomic E-state index is 6.04. The van der Waals surface area contributed by atoms with Gasteiger partial charge in [0.1, 0.15) is 28.3 Å². The summed E-state index contributed by atoms with van der Waals surface area (Å²) in [5, 5.41) is 0.707. The van der Waals surface area contributed by atoms with Crippen molar-refractivity contribution in [2.75, 3.05) is 19.8 Å². The molecular formula is C22H25Cl3O3. The first-order valence-corrected chi connectivity index (χ1v) is 10.4. The van der Waals surface area contributed by atoms with Gasteiger partial charge in [0.15, 0.2) is 0 Å². The van der Waals surface area contributed by atoms with E-state index in [1.165, 1.54) is 0 Å². The fourth-order valence-electron chi connectivity index (χ4n) is 2.66. The first-order chi connectivity index (χ1) is 13.5. The number of aryl methyl sites for hydroxylation is 2. The van der Waals surface area contributed by atoms with Gasteiger partial charge < -0.3 is 14.2 Å². The van der Waals surface area contributed by atoms with E-state index < -0.39 is 0 Å². The Balaban J connectivity index is 1.79. The van der Waals surface area contributed by atoms with Crippen molar-refractivity contribution in [1.29, 1.82) is 0 Å². The zero-order valence-corrected chi connectivity index (χ0v) is 18.4. The fourth-order valence-corrected chi connectivity index (χ4v) is 2.92. The molecule has 0 heterocycles. The SMILES string of the molecule is CCc1cc(OCC=C(Cl)Cl)cc(C)c1OCCCCOc1ccc(Cl)cc1. The molecular weight excluding hydrogens is 419 g/mol. The monoisotopic (exact) mass is 442 g/mol. The van der Waals surface area contributed by atoms with Gasteiger partial charge in [-0.15, -0.1) is 0 Å². The molecule has 0 bridgehead atoms. The van der Waals surface area contributed by atoms with Gasteiger partial charge in [0.2, 0.25) is 0 Å². The average molecular weight is 444 g/mol. The van der Waals surface area contributed by atoms with Crippen LogP contribution >= 0.6 is 34.8 Å². The van der Waals surface area contributed by atoms with Crippen LogP contribution in [0, 0.1) is 6.92 Å². The summed E-state index contributed by atoms with van der Waals surface area (Å²) in [6.45, 7) is 5.74. The second-order valence-electron chi connectivity index (χ2n) is 6.24. The molecule has 0 N–H and O–H groups in total. The van der Waals surface area contributed by atoms with Crippen LogP contribution in [-0.2, 0) is 6.42 Å². The van der Waals surface area contributed by atoms with E-state index in [9.17, 15) is 0 Å². The molecule has 0 saturated carbocycles. The summed E-state index contributed by atoms with van der Waals surface area (Å²) in [5.41, 5.74) is 2.17. The molecule has 152 valence electrons. The number of rotatable bonds is 11. The molecule has 0 saturated heterocycles. The fraction of sp³-hybridized carbons (Fsp3) is 0.364. The van der Waals surface area contributed by atoms with Gasteiger partial charge in [0.25, 0.3) is 0 Å². The number of hydrogen-bond donors (Lipinski definition) is 0. The highest BCUT2D eigenvalue weighted by Crippen LogP contribution is 2.30. The molecule has 0 aliphatic rings. The number of benzene rings is 2. The van der Waals surface area contributed by atoms with Crippen molar-refractivity contribution in [2.45, 2.75) is 33.1 Å². The van der Waals surface area contributed by atoms with Gasteiger partial charge in [-0.05, 0) is 79.8 Å². The van der Waals surface area contributed by atoms with E-state index in [2.05, 4.69) is 6.92 Å². The van der Waals surface area contributed by atoms with Crippen molar-refractivity contribution in [2.24, 2.45) is 0 Å². The quantitative estimate of drug-likeness (QED) is 0.345. The van der Waals surface area contributed by atoms with Crippen LogP contribution in [-0.4, -0.2) is 19.8 Å². The minimum absolute atomic E-state index is 0.201. The van der Waals surface area contributed by atoms with Gasteiger partial charge >= 0.3 is 0 Å². The Hall–Kier alpha value is -1.55. The van der Waals surface area contributed by atoms with Crippen molar-refractivity contribution in [3.05, 3.63) is 63.1 Å². The number of hydrogen-bond acceptors (Lipinski definition) is 3. The van der Waals surface area contributed by atoms with Gasteiger partial charge in [-0.3, -0.25) is 0 Å². The lowest BCUT2D eigenvalue weighted by molar-refractivity contribution is 0.264. The topological polar surface area (TPSA) is 27.7 Å². The highest BCUT2D eigenvalue weighted by molar-refractivity contribution is 6.55. The standard InChI is InChI=1S/C22H25Cl3O3/c1-3-17-15-20(27-13-10-21(24)25)14-16(2)22(17)28-12-5-4-11-26-19-8-6-18(23)7-9-19/h6-10,14-15H,3-5,11-13H2,1-2H3. The maximum atomic E-state index is 6.04. The summed E-state index contributed by atoms with van der Waals surface area (Å²) in [6, 6.07) is 11.4. The van der Waals surface area contributed by atoms with Crippen molar-refractivity contribution >= 4 is 34.8 Å². The Labute approximate surface area is 182 Å². The zero-order chi connectivity index (χ0) is 20.4. The van der Waals surface area contributed by atoms with E-state index in [4.69, 9.17) is 49.0 Å². The molecule has 2 aromatic carbocycles. The molecule has 0 spiro atoms. The van der Waals surface area contributed by atoms with E-state index >= 15 is 0 Å². The lowest BCUT2D eigenvalue weighted by Crippen LogP contribution is -2.05. The van der Waals surface area contributed by atoms with Crippen LogP contribution in [0.5, 0.6) is 17.2 Å². The molecule has 0 aliphatic heterocycles. The summed E-state index contributed by atoms with van der Waals surface area (Å²) < 4.78 is 17.6. The van der Waals surface area contributed by atoms with Gasteiger partial charge in [-0.2, -0.15) is 0 Å². The van der Waals surface area contributed by atoms with Gasteiger partial charge in [0, 0.05) is 5.02 Å². The molecule has 6 heteroatoms. The van der Waals surface area contributed by atoms with Crippen molar-refractivity contribution in [3.63, 3.8) is 0 Å². The van der Waals surface area contributed by atoms with Crippen LogP contribution in [0.2, 0.25) is 5.02 Å². The maximum Gasteiger partial charge on any atom is 0.125 e. The minimum Gasteiger partial charge on any atom is -0.494 e. The summed E-state index contributed by atoms with van der Waals surface area (Å²) in [6.07, 6.45) is 4.29. The van der Waals surface area contributed by atoms with Gasteiger partial charge in [-0.25, -0.2) is 0 Å². The van der Waals surface area contributed by atoms with Crippen LogP contribution < -0.4 is 14.2 Å². The Kier molecular flexibility index (Phi) is 9.83. The van der Waals surface area contributed by atoms with Crippen LogP contribution in [0.1, 0.15) is 30.9 Å². The van der Waals surface area contributed by atoms with Crippen LogP contribution in [0.15, 0.2) is 47.0 Å².